The van der Waals surface area contributed by atoms with E-state index in [1.54, 1.807) is 36.5 Å². The summed E-state index contributed by atoms with van der Waals surface area (Å²) in [5.41, 5.74) is 7.64. The van der Waals surface area contributed by atoms with Gasteiger partial charge in [0.25, 0.3) is 0 Å². The van der Waals surface area contributed by atoms with Crippen molar-refractivity contribution in [2.24, 2.45) is 5.73 Å². The van der Waals surface area contributed by atoms with Crippen molar-refractivity contribution in [1.82, 2.24) is 19.5 Å². The predicted molar refractivity (Wildman–Crippen MR) is 123 cm³/mol. The quantitative estimate of drug-likeness (QED) is 0.432. The number of benzene rings is 1. The molecule has 0 aliphatic rings. The lowest BCUT2D eigenvalue weighted by Crippen LogP contribution is -2.28. The third kappa shape index (κ3) is 4.37. The van der Waals surface area contributed by atoms with E-state index in [0.717, 1.165) is 5.39 Å². The Kier molecular flexibility index (Phi) is 5.98. The molecule has 4 aromatic rings. The normalized spacial score (nSPS) is 12.2. The fourth-order valence-corrected chi connectivity index (χ4v) is 3.35. The second kappa shape index (κ2) is 8.86. The van der Waals surface area contributed by atoms with Crippen LogP contribution < -0.4 is 11.1 Å². The first-order valence-electron chi connectivity index (χ1n) is 9.99. The van der Waals surface area contributed by atoms with Crippen LogP contribution in [0.3, 0.4) is 0 Å². The van der Waals surface area contributed by atoms with Crippen LogP contribution in [0.5, 0.6) is 0 Å². The number of carbonyl (C=O) groups excluding carboxylic acids is 2. The van der Waals surface area contributed by atoms with Gasteiger partial charge in [-0.3, -0.25) is 9.59 Å². The molecule has 0 saturated carbocycles. The number of pyridine rings is 1. The number of amides is 1. The number of carbonyl (C=O) groups is 2. The van der Waals surface area contributed by atoms with E-state index >= 15 is 0 Å². The molecular formula is C23H21ClN6O2. The molecule has 0 aliphatic carbocycles. The second-order valence-electron chi connectivity index (χ2n) is 7.57. The van der Waals surface area contributed by atoms with E-state index in [4.69, 9.17) is 17.3 Å². The lowest BCUT2D eigenvalue weighted by Gasteiger charge is -2.12. The van der Waals surface area contributed by atoms with E-state index in [9.17, 15) is 9.59 Å². The number of nitrogens with one attached hydrogen (secondary N) is 1. The number of nitrogens with two attached hydrogens (primary N) is 1. The van der Waals surface area contributed by atoms with Gasteiger partial charge in [-0.1, -0.05) is 23.7 Å². The van der Waals surface area contributed by atoms with Crippen LogP contribution in [-0.4, -0.2) is 31.2 Å². The van der Waals surface area contributed by atoms with Crippen molar-refractivity contribution in [3.05, 3.63) is 83.0 Å². The highest BCUT2D eigenvalue weighted by molar-refractivity contribution is 6.30. The van der Waals surface area contributed by atoms with Gasteiger partial charge in [-0.15, -0.1) is 0 Å². The molecule has 8 nitrogen and oxygen atoms in total. The largest absolute Gasteiger partial charge is 0.330 e. The van der Waals surface area contributed by atoms with Crippen molar-refractivity contribution in [2.75, 3.05) is 5.32 Å². The van der Waals surface area contributed by atoms with Crippen LogP contribution in [0.15, 0.2) is 61.1 Å². The molecule has 1 unspecified atom stereocenters. The van der Waals surface area contributed by atoms with Gasteiger partial charge in [-0.25, -0.2) is 15.0 Å². The number of anilines is 1. The van der Waals surface area contributed by atoms with Gasteiger partial charge in [-0.2, -0.15) is 0 Å². The fraction of sp³-hybridized carbons (Fsp3) is 0.174. The van der Waals surface area contributed by atoms with Crippen LogP contribution in [-0.2, 0) is 4.79 Å². The molecule has 0 fully saturated rings. The van der Waals surface area contributed by atoms with Gasteiger partial charge >= 0.3 is 0 Å². The van der Waals surface area contributed by atoms with Gasteiger partial charge in [0.05, 0.1) is 0 Å². The van der Waals surface area contributed by atoms with Crippen molar-refractivity contribution in [3.63, 3.8) is 0 Å². The molecule has 4 rings (SSSR count). The first kappa shape index (κ1) is 21.6. The van der Waals surface area contributed by atoms with Gasteiger partial charge in [0.2, 0.25) is 17.5 Å². The van der Waals surface area contributed by atoms with Crippen molar-refractivity contribution in [1.29, 1.82) is 0 Å². The maximum atomic E-state index is 12.9. The van der Waals surface area contributed by atoms with Crippen LogP contribution in [0.4, 0.5) is 5.82 Å². The predicted octanol–water partition coefficient (Wildman–Crippen LogP) is 3.93. The molecule has 9 heteroatoms. The Morgan fingerprint density at radius 1 is 1.03 bits per heavy atom. The zero-order chi connectivity index (χ0) is 22.8. The van der Waals surface area contributed by atoms with Crippen molar-refractivity contribution in [3.8, 4) is 0 Å². The van der Waals surface area contributed by atoms with Gasteiger partial charge in [-0.05, 0) is 49.7 Å². The maximum absolute atomic E-state index is 12.9. The summed E-state index contributed by atoms with van der Waals surface area (Å²) >= 11 is 5.87. The average molecular weight is 449 g/mol. The molecule has 1 amide bonds. The van der Waals surface area contributed by atoms with E-state index in [1.165, 1.54) is 12.3 Å². The molecule has 0 saturated heterocycles. The lowest BCUT2D eigenvalue weighted by molar-refractivity contribution is -0.117. The number of rotatable bonds is 6. The van der Waals surface area contributed by atoms with Gasteiger partial charge in [0.15, 0.2) is 0 Å². The molecule has 0 spiro atoms. The van der Waals surface area contributed by atoms with Crippen LogP contribution >= 0.6 is 11.6 Å². The molecule has 0 radical (unpaired) electrons. The summed E-state index contributed by atoms with van der Waals surface area (Å²) in [7, 11) is 0. The minimum absolute atomic E-state index is 0.0847. The molecular weight excluding hydrogens is 428 g/mol. The molecule has 0 aliphatic heterocycles. The molecule has 3 N–H and O–H groups in total. The number of nitrogens with zero attached hydrogens (tertiary/aromatic N) is 4. The van der Waals surface area contributed by atoms with Crippen LogP contribution in [0, 0.1) is 0 Å². The highest BCUT2D eigenvalue weighted by Gasteiger charge is 2.18. The summed E-state index contributed by atoms with van der Waals surface area (Å²) in [5.74, 6) is -0.420. The molecule has 162 valence electrons. The summed E-state index contributed by atoms with van der Waals surface area (Å²) in [4.78, 5) is 38.1. The number of aromatic nitrogens is 4. The second-order valence-corrected chi connectivity index (χ2v) is 8.01. The Bertz CT molecular complexity index is 1280. The first-order valence-corrected chi connectivity index (χ1v) is 10.4. The number of fused-ring (bicyclic) bond motifs is 1. The topological polar surface area (TPSA) is 116 Å². The maximum Gasteiger partial charge on any atom is 0.247 e. The summed E-state index contributed by atoms with van der Waals surface area (Å²) in [5, 5.41) is 4.07. The van der Waals surface area contributed by atoms with Crippen molar-refractivity contribution >= 4 is 40.1 Å². The molecule has 0 bridgehead atoms. The van der Waals surface area contributed by atoms with Crippen LogP contribution in [0.1, 0.15) is 47.7 Å². The minimum atomic E-state index is -0.882. The van der Waals surface area contributed by atoms with Crippen molar-refractivity contribution < 1.29 is 9.59 Å². The highest BCUT2D eigenvalue weighted by Crippen LogP contribution is 2.19. The molecule has 3 heterocycles. The molecule has 3 aromatic heterocycles. The summed E-state index contributed by atoms with van der Waals surface area (Å²) in [6.45, 7) is 4.08. The lowest BCUT2D eigenvalue weighted by atomic mass is 10.1. The number of hydrogen-bond donors (Lipinski definition) is 2. The van der Waals surface area contributed by atoms with Gasteiger partial charge in [0.1, 0.15) is 17.5 Å². The fourth-order valence-electron chi connectivity index (χ4n) is 3.22. The zero-order valence-corrected chi connectivity index (χ0v) is 18.2. The Morgan fingerprint density at radius 2 is 1.78 bits per heavy atom. The van der Waals surface area contributed by atoms with E-state index < -0.39 is 11.9 Å². The Morgan fingerprint density at radius 3 is 2.44 bits per heavy atom. The van der Waals surface area contributed by atoms with E-state index in [0.29, 0.717) is 21.8 Å². The third-order valence-corrected chi connectivity index (χ3v) is 5.26. The molecule has 1 atom stereocenters. The monoisotopic (exact) mass is 448 g/mol. The number of ketones is 1. The van der Waals surface area contributed by atoms with E-state index in [2.05, 4.69) is 20.3 Å². The third-order valence-electron chi connectivity index (χ3n) is 5.00. The van der Waals surface area contributed by atoms with Crippen LogP contribution in [0.2, 0.25) is 5.02 Å². The Labute approximate surface area is 189 Å². The smallest absolute Gasteiger partial charge is 0.247 e. The van der Waals surface area contributed by atoms with Gasteiger partial charge in [0, 0.05) is 40.6 Å². The number of hydrogen-bond acceptors (Lipinski definition) is 6. The first-order chi connectivity index (χ1) is 15.3. The molecule has 32 heavy (non-hydrogen) atoms. The minimum Gasteiger partial charge on any atom is -0.330 e. The SMILES string of the molecule is CC(C)n1ccc2cnc(C(=O)c3ccc(NC(=O)C(N)c4ccc(Cl)cc4)nc3)nc21. The van der Waals surface area contributed by atoms with Crippen LogP contribution in [0.25, 0.3) is 11.0 Å². The summed E-state index contributed by atoms with van der Waals surface area (Å²) in [6.07, 6.45) is 4.93. The summed E-state index contributed by atoms with van der Waals surface area (Å²) in [6, 6.07) is 11.0. The number of halogens is 1. The summed E-state index contributed by atoms with van der Waals surface area (Å²) < 4.78 is 1.98. The average Bonchev–Trinajstić information content (AvgIpc) is 3.23. The zero-order valence-electron chi connectivity index (χ0n) is 17.5. The van der Waals surface area contributed by atoms with Crippen molar-refractivity contribution in [2.45, 2.75) is 25.9 Å². The molecule has 1 aromatic carbocycles. The Balaban J connectivity index is 1.49. The van der Waals surface area contributed by atoms with E-state index in [1.807, 2.05) is 30.7 Å². The standard InChI is InChI=1S/C23H21ClN6O2/c1-13(2)30-10-9-16-12-27-21(29-22(16)30)20(31)15-5-8-18(26-11-15)28-23(32)19(25)14-3-6-17(24)7-4-14/h3-13,19H,25H2,1-2H3,(H,26,28,32). The Hall–Kier alpha value is -3.62. The van der Waals surface area contributed by atoms with E-state index in [-0.39, 0.29) is 23.5 Å². The highest BCUT2D eigenvalue weighted by atomic mass is 35.5. The van der Waals surface area contributed by atoms with Gasteiger partial charge < -0.3 is 15.6 Å².